The molecule has 2 atom stereocenters. The van der Waals surface area contributed by atoms with Crippen LogP contribution in [0.2, 0.25) is 0 Å². The molecule has 1 aliphatic carbocycles. The lowest BCUT2D eigenvalue weighted by atomic mass is 10.1. The van der Waals surface area contributed by atoms with Gasteiger partial charge in [-0.05, 0) is 68.0 Å². The molecule has 1 aromatic carbocycles. The molecule has 6 rings (SSSR count). The highest BCUT2D eigenvalue weighted by Gasteiger charge is 2.29. The van der Waals surface area contributed by atoms with Gasteiger partial charge in [-0.2, -0.15) is 5.10 Å². The largest absolute Gasteiger partial charge is 0.324 e. The van der Waals surface area contributed by atoms with Gasteiger partial charge in [0.05, 0.1) is 23.3 Å². The number of hydrogen-bond donors (Lipinski definition) is 3. The van der Waals surface area contributed by atoms with Gasteiger partial charge in [0, 0.05) is 50.2 Å². The highest BCUT2D eigenvalue weighted by molar-refractivity contribution is 5.83. The van der Waals surface area contributed by atoms with E-state index in [0.717, 1.165) is 60.1 Å². The summed E-state index contributed by atoms with van der Waals surface area (Å²) in [6.45, 7) is 8.75. The lowest BCUT2D eigenvalue weighted by Crippen LogP contribution is -2.44. The molecule has 4 heterocycles. The Hall–Kier alpha value is -3.23. The molecule has 2 fully saturated rings. The summed E-state index contributed by atoms with van der Waals surface area (Å²) in [5.74, 6) is 2.28. The molecule has 8 heteroatoms. The smallest absolute Gasteiger partial charge is 0.206 e. The van der Waals surface area contributed by atoms with Crippen LogP contribution in [0.25, 0.3) is 22.2 Å². The van der Waals surface area contributed by atoms with Gasteiger partial charge in [-0.1, -0.05) is 6.07 Å². The standard InChI is InChI=1S/C26H32N8/c1-17(33-11-9-27-10-12-33)20-7-8-28-25(14-20)32-26-30-23-6-5-21(13-24(23)31-26)22-15-29-34(16-22)18(2)19-3-4-19/h5-8,13-19,27H,3-4,9-12H2,1-2H3,(H2,28,30,31,32). The first kappa shape index (κ1) is 21.3. The van der Waals surface area contributed by atoms with E-state index in [1.165, 1.54) is 18.4 Å². The highest BCUT2D eigenvalue weighted by Crippen LogP contribution is 2.39. The average Bonchev–Trinajstić information content (AvgIpc) is 3.46. The van der Waals surface area contributed by atoms with E-state index in [1.807, 2.05) is 12.4 Å². The fraction of sp³-hybridized carbons (Fsp3) is 0.423. The summed E-state index contributed by atoms with van der Waals surface area (Å²) in [5, 5.41) is 11.4. The van der Waals surface area contributed by atoms with Crippen molar-refractivity contribution in [2.75, 3.05) is 31.5 Å². The summed E-state index contributed by atoms with van der Waals surface area (Å²) in [4.78, 5) is 15.2. The number of rotatable bonds is 7. The molecule has 0 radical (unpaired) electrons. The first-order valence-electron chi connectivity index (χ1n) is 12.4. The molecule has 0 amide bonds. The Morgan fingerprint density at radius 1 is 1.06 bits per heavy atom. The molecule has 34 heavy (non-hydrogen) atoms. The molecule has 3 aromatic heterocycles. The second kappa shape index (κ2) is 8.85. The number of benzene rings is 1. The molecule has 1 saturated heterocycles. The Bertz CT molecular complexity index is 1280. The van der Waals surface area contributed by atoms with Crippen LogP contribution in [-0.2, 0) is 0 Å². The monoisotopic (exact) mass is 456 g/mol. The Morgan fingerprint density at radius 3 is 2.74 bits per heavy atom. The number of nitrogens with zero attached hydrogens (tertiary/aromatic N) is 5. The quantitative estimate of drug-likeness (QED) is 0.380. The third-order valence-corrected chi connectivity index (χ3v) is 7.35. The lowest BCUT2D eigenvalue weighted by molar-refractivity contribution is 0.185. The van der Waals surface area contributed by atoms with Crippen LogP contribution >= 0.6 is 0 Å². The molecular weight excluding hydrogens is 424 g/mol. The number of anilines is 2. The Morgan fingerprint density at radius 2 is 1.91 bits per heavy atom. The maximum absolute atomic E-state index is 4.73. The second-order valence-electron chi connectivity index (χ2n) is 9.67. The van der Waals surface area contributed by atoms with Crippen molar-refractivity contribution >= 4 is 22.8 Å². The van der Waals surface area contributed by atoms with E-state index in [9.17, 15) is 0 Å². The van der Waals surface area contributed by atoms with Gasteiger partial charge in [0.15, 0.2) is 0 Å². The minimum absolute atomic E-state index is 0.354. The first-order chi connectivity index (χ1) is 16.6. The van der Waals surface area contributed by atoms with Crippen molar-refractivity contribution < 1.29 is 0 Å². The summed E-state index contributed by atoms with van der Waals surface area (Å²) in [7, 11) is 0. The molecular formula is C26H32N8. The zero-order valence-electron chi connectivity index (χ0n) is 19.8. The van der Waals surface area contributed by atoms with Gasteiger partial charge in [-0.15, -0.1) is 0 Å². The molecule has 2 unspecified atom stereocenters. The van der Waals surface area contributed by atoms with Crippen molar-refractivity contribution in [2.24, 2.45) is 5.92 Å². The van der Waals surface area contributed by atoms with E-state index in [0.29, 0.717) is 18.0 Å². The maximum Gasteiger partial charge on any atom is 0.206 e. The van der Waals surface area contributed by atoms with E-state index in [1.54, 1.807) is 0 Å². The van der Waals surface area contributed by atoms with Gasteiger partial charge in [-0.3, -0.25) is 9.58 Å². The Balaban J connectivity index is 1.19. The van der Waals surface area contributed by atoms with Crippen LogP contribution in [-0.4, -0.2) is 55.8 Å². The van der Waals surface area contributed by atoms with Gasteiger partial charge in [0.25, 0.3) is 0 Å². The van der Waals surface area contributed by atoms with E-state index < -0.39 is 0 Å². The highest BCUT2D eigenvalue weighted by atomic mass is 15.3. The van der Waals surface area contributed by atoms with Crippen molar-refractivity contribution in [3.05, 3.63) is 54.5 Å². The van der Waals surface area contributed by atoms with Crippen LogP contribution in [0.5, 0.6) is 0 Å². The van der Waals surface area contributed by atoms with E-state index in [-0.39, 0.29) is 0 Å². The maximum atomic E-state index is 4.73. The average molecular weight is 457 g/mol. The van der Waals surface area contributed by atoms with Crippen molar-refractivity contribution in [1.82, 2.24) is 34.9 Å². The molecule has 1 aliphatic heterocycles. The second-order valence-corrected chi connectivity index (χ2v) is 9.67. The Labute approximate surface area is 199 Å². The number of aromatic amines is 1. The summed E-state index contributed by atoms with van der Waals surface area (Å²) >= 11 is 0. The molecule has 1 saturated carbocycles. The van der Waals surface area contributed by atoms with Crippen LogP contribution < -0.4 is 10.6 Å². The van der Waals surface area contributed by atoms with Gasteiger partial charge in [0.1, 0.15) is 5.82 Å². The lowest BCUT2D eigenvalue weighted by Gasteiger charge is -2.33. The van der Waals surface area contributed by atoms with Crippen molar-refractivity contribution in [3.8, 4) is 11.1 Å². The van der Waals surface area contributed by atoms with E-state index in [4.69, 9.17) is 4.98 Å². The van der Waals surface area contributed by atoms with Crippen molar-refractivity contribution in [3.63, 3.8) is 0 Å². The number of aromatic nitrogens is 5. The predicted molar refractivity (Wildman–Crippen MR) is 135 cm³/mol. The topological polar surface area (TPSA) is 86.7 Å². The SMILES string of the molecule is CC(c1ccnc(Nc2nc3ccc(-c4cnn(C(C)C5CC5)c4)cc3[nH]2)c1)N1CCNCC1. The van der Waals surface area contributed by atoms with Crippen LogP contribution in [0.4, 0.5) is 11.8 Å². The zero-order chi connectivity index (χ0) is 23.1. The molecule has 8 nitrogen and oxygen atoms in total. The van der Waals surface area contributed by atoms with Crippen LogP contribution in [0.1, 0.15) is 44.3 Å². The summed E-state index contributed by atoms with van der Waals surface area (Å²) < 4.78 is 2.11. The number of fused-ring (bicyclic) bond motifs is 1. The minimum atomic E-state index is 0.354. The van der Waals surface area contributed by atoms with Gasteiger partial charge in [-0.25, -0.2) is 9.97 Å². The van der Waals surface area contributed by atoms with E-state index >= 15 is 0 Å². The van der Waals surface area contributed by atoms with Gasteiger partial charge < -0.3 is 15.6 Å². The molecule has 3 N–H and O–H groups in total. The van der Waals surface area contributed by atoms with Crippen LogP contribution in [0.15, 0.2) is 48.9 Å². The predicted octanol–water partition coefficient (Wildman–Crippen LogP) is 4.50. The summed E-state index contributed by atoms with van der Waals surface area (Å²) in [5.41, 5.74) is 5.45. The summed E-state index contributed by atoms with van der Waals surface area (Å²) in [6, 6.07) is 11.4. The normalized spacial score (nSPS) is 18.8. The number of imidazole rings is 1. The number of hydrogen-bond acceptors (Lipinski definition) is 6. The minimum Gasteiger partial charge on any atom is -0.324 e. The molecule has 0 spiro atoms. The third kappa shape index (κ3) is 4.31. The molecule has 2 aliphatic rings. The zero-order valence-corrected chi connectivity index (χ0v) is 19.8. The third-order valence-electron chi connectivity index (χ3n) is 7.35. The van der Waals surface area contributed by atoms with Crippen molar-refractivity contribution in [2.45, 2.75) is 38.8 Å². The van der Waals surface area contributed by atoms with Gasteiger partial charge >= 0.3 is 0 Å². The van der Waals surface area contributed by atoms with Crippen LogP contribution in [0, 0.1) is 5.92 Å². The van der Waals surface area contributed by atoms with Crippen molar-refractivity contribution in [1.29, 1.82) is 0 Å². The van der Waals surface area contributed by atoms with E-state index in [2.05, 4.69) is 85.7 Å². The van der Waals surface area contributed by atoms with Gasteiger partial charge in [0.2, 0.25) is 5.95 Å². The number of piperazine rings is 1. The number of nitrogens with one attached hydrogen (secondary N) is 3. The fourth-order valence-electron chi connectivity index (χ4n) is 4.93. The van der Waals surface area contributed by atoms with Crippen LogP contribution in [0.3, 0.4) is 0 Å². The first-order valence-corrected chi connectivity index (χ1v) is 12.4. The Kier molecular flexibility index (Phi) is 5.55. The molecule has 0 bridgehead atoms. The number of H-pyrrole nitrogens is 1. The summed E-state index contributed by atoms with van der Waals surface area (Å²) in [6.07, 6.45) is 8.63. The fourth-order valence-corrected chi connectivity index (χ4v) is 4.93. The molecule has 176 valence electrons. The number of pyridine rings is 1. The molecule has 4 aromatic rings.